The molecule has 2 aromatic carbocycles. The highest BCUT2D eigenvalue weighted by Crippen LogP contribution is 2.32. The van der Waals surface area contributed by atoms with E-state index in [1.165, 1.54) is 83.4 Å². The van der Waals surface area contributed by atoms with E-state index in [-0.39, 0.29) is 17.3 Å². The Hall–Kier alpha value is -3.68. The number of para-hydroxylation sites is 1. The number of ether oxygens (including phenoxy) is 1. The molecule has 0 aliphatic heterocycles. The minimum atomic E-state index is -0.442. The van der Waals surface area contributed by atoms with Crippen LogP contribution < -0.4 is 15.4 Å². The molecule has 1 aromatic heterocycles. The highest BCUT2D eigenvalue weighted by molar-refractivity contribution is 5.73. The molecule has 1 heterocycles. The van der Waals surface area contributed by atoms with Gasteiger partial charge in [0.15, 0.2) is 0 Å². The maximum atomic E-state index is 11.9. The van der Waals surface area contributed by atoms with Crippen molar-refractivity contribution in [3.63, 3.8) is 0 Å². The highest BCUT2D eigenvalue weighted by Gasteiger charge is 2.23. The molecule has 0 aliphatic carbocycles. The van der Waals surface area contributed by atoms with Crippen molar-refractivity contribution in [3.05, 3.63) is 71.0 Å². The lowest BCUT2D eigenvalue weighted by Crippen LogP contribution is -2.09. The van der Waals surface area contributed by atoms with Gasteiger partial charge in [0.1, 0.15) is 17.8 Å². The van der Waals surface area contributed by atoms with E-state index in [0.717, 1.165) is 18.6 Å². The average Bonchev–Trinajstić information content (AvgIpc) is 2.96. The number of benzene rings is 2. The number of nitrogens with one attached hydrogen (secondary N) is 2. The van der Waals surface area contributed by atoms with Crippen LogP contribution in [-0.4, -0.2) is 21.4 Å². The molecular formula is C32H45N5O3. The summed E-state index contributed by atoms with van der Waals surface area (Å²) in [6.07, 6.45) is 19.5. The monoisotopic (exact) mass is 547 g/mol. The number of nitrogens with zero attached hydrogens (tertiary/aromatic N) is 3. The maximum absolute atomic E-state index is 11.9. The number of aromatic nitrogens is 2. The molecule has 3 aromatic rings. The summed E-state index contributed by atoms with van der Waals surface area (Å²) in [7, 11) is 0. The highest BCUT2D eigenvalue weighted by atomic mass is 16.6. The molecular weight excluding hydrogens is 502 g/mol. The number of rotatable bonds is 21. The van der Waals surface area contributed by atoms with E-state index in [1.807, 2.05) is 30.3 Å². The van der Waals surface area contributed by atoms with Crippen LogP contribution in [0.15, 0.2) is 60.9 Å². The molecule has 0 saturated heterocycles. The van der Waals surface area contributed by atoms with Crippen LogP contribution in [0.4, 0.5) is 23.0 Å². The molecule has 0 fully saturated rings. The standard InChI is InChI=1S/C32H45N5O3/c1-2-3-4-5-6-7-8-9-10-11-12-13-14-18-25-33-31-30(37(38)39)32(35-26-34-31)36-27-21-23-29(24-22-27)40-28-19-16-15-17-20-28/h15-17,19-24,26H,2-14,18,25H2,1H3,(H2,33,34,35,36). The van der Waals surface area contributed by atoms with Gasteiger partial charge < -0.3 is 15.4 Å². The lowest BCUT2D eigenvalue weighted by atomic mass is 10.0. The normalized spacial score (nSPS) is 10.8. The van der Waals surface area contributed by atoms with Crippen LogP contribution in [0.1, 0.15) is 96.8 Å². The van der Waals surface area contributed by atoms with Crippen LogP contribution in [0, 0.1) is 10.1 Å². The van der Waals surface area contributed by atoms with Gasteiger partial charge in [-0.25, -0.2) is 9.97 Å². The fraction of sp³-hybridized carbons (Fsp3) is 0.500. The van der Waals surface area contributed by atoms with Gasteiger partial charge in [-0.15, -0.1) is 0 Å². The summed E-state index contributed by atoms with van der Waals surface area (Å²) < 4.78 is 5.81. The zero-order valence-electron chi connectivity index (χ0n) is 23.9. The van der Waals surface area contributed by atoms with Gasteiger partial charge in [0.05, 0.1) is 4.92 Å². The van der Waals surface area contributed by atoms with E-state index in [4.69, 9.17) is 4.74 Å². The van der Waals surface area contributed by atoms with E-state index in [1.54, 1.807) is 24.3 Å². The molecule has 8 heteroatoms. The topological polar surface area (TPSA) is 102 Å². The van der Waals surface area contributed by atoms with Gasteiger partial charge in [-0.2, -0.15) is 0 Å². The molecule has 0 bridgehead atoms. The third kappa shape index (κ3) is 11.6. The maximum Gasteiger partial charge on any atom is 0.353 e. The fourth-order valence-corrected chi connectivity index (χ4v) is 4.67. The SMILES string of the molecule is CCCCCCCCCCCCCCCCNc1ncnc(Nc2ccc(Oc3ccccc3)cc2)c1[N+](=O)[O-]. The fourth-order valence-electron chi connectivity index (χ4n) is 4.67. The molecule has 0 spiro atoms. The smallest absolute Gasteiger partial charge is 0.353 e. The summed E-state index contributed by atoms with van der Waals surface area (Å²) >= 11 is 0. The molecule has 216 valence electrons. The predicted molar refractivity (Wildman–Crippen MR) is 164 cm³/mol. The molecule has 0 aliphatic rings. The average molecular weight is 548 g/mol. The van der Waals surface area contributed by atoms with Crippen LogP contribution in [0.3, 0.4) is 0 Å². The largest absolute Gasteiger partial charge is 0.457 e. The molecule has 2 N–H and O–H groups in total. The van der Waals surface area contributed by atoms with Crippen molar-refractivity contribution in [1.82, 2.24) is 9.97 Å². The van der Waals surface area contributed by atoms with Crippen molar-refractivity contribution in [2.45, 2.75) is 96.8 Å². The predicted octanol–water partition coefficient (Wildman–Crippen LogP) is 9.81. The zero-order chi connectivity index (χ0) is 28.3. The van der Waals surface area contributed by atoms with Gasteiger partial charge in [-0.3, -0.25) is 10.1 Å². The van der Waals surface area contributed by atoms with E-state index in [0.29, 0.717) is 18.0 Å². The van der Waals surface area contributed by atoms with Crippen molar-refractivity contribution in [1.29, 1.82) is 0 Å². The summed E-state index contributed by atoms with van der Waals surface area (Å²) in [5.41, 5.74) is 0.512. The summed E-state index contributed by atoms with van der Waals surface area (Å²) in [5.74, 6) is 1.80. The van der Waals surface area contributed by atoms with Crippen molar-refractivity contribution in [2.75, 3.05) is 17.2 Å². The van der Waals surface area contributed by atoms with E-state index >= 15 is 0 Å². The van der Waals surface area contributed by atoms with Gasteiger partial charge >= 0.3 is 5.69 Å². The Kier molecular flexibility index (Phi) is 14.3. The minimum Gasteiger partial charge on any atom is -0.457 e. The number of hydrogen-bond acceptors (Lipinski definition) is 7. The van der Waals surface area contributed by atoms with Crippen LogP contribution in [0.5, 0.6) is 11.5 Å². The van der Waals surface area contributed by atoms with Gasteiger partial charge in [0.25, 0.3) is 0 Å². The van der Waals surface area contributed by atoms with Crippen LogP contribution in [0.25, 0.3) is 0 Å². The Balaban J connectivity index is 1.35. The second-order valence-corrected chi connectivity index (χ2v) is 10.3. The molecule has 0 saturated carbocycles. The van der Waals surface area contributed by atoms with Gasteiger partial charge in [-0.1, -0.05) is 109 Å². The van der Waals surface area contributed by atoms with E-state index < -0.39 is 4.92 Å². The van der Waals surface area contributed by atoms with Gasteiger partial charge in [0, 0.05) is 12.2 Å². The first-order valence-corrected chi connectivity index (χ1v) is 15.0. The quantitative estimate of drug-likeness (QED) is 0.0777. The number of anilines is 3. The Labute approximate surface area is 239 Å². The summed E-state index contributed by atoms with van der Waals surface area (Å²) in [5, 5.41) is 18.1. The molecule has 3 rings (SSSR count). The van der Waals surface area contributed by atoms with Crippen LogP contribution in [0.2, 0.25) is 0 Å². The number of hydrogen-bond donors (Lipinski definition) is 2. The molecule has 8 nitrogen and oxygen atoms in total. The van der Waals surface area contributed by atoms with Crippen molar-refractivity contribution >= 4 is 23.0 Å². The second kappa shape index (κ2) is 18.6. The Morgan fingerprint density at radius 2 is 1.23 bits per heavy atom. The Morgan fingerprint density at radius 3 is 1.80 bits per heavy atom. The first-order valence-electron chi connectivity index (χ1n) is 15.0. The van der Waals surface area contributed by atoms with Crippen molar-refractivity contribution in [2.24, 2.45) is 0 Å². The van der Waals surface area contributed by atoms with Crippen LogP contribution in [-0.2, 0) is 0 Å². The lowest BCUT2D eigenvalue weighted by Gasteiger charge is -2.11. The first-order chi connectivity index (χ1) is 19.7. The number of nitro groups is 1. The van der Waals surface area contributed by atoms with Crippen LogP contribution >= 0.6 is 0 Å². The third-order valence-electron chi connectivity index (χ3n) is 6.92. The zero-order valence-corrected chi connectivity index (χ0v) is 23.9. The molecule has 0 atom stereocenters. The summed E-state index contributed by atoms with van der Waals surface area (Å²) in [6, 6.07) is 16.7. The van der Waals surface area contributed by atoms with Gasteiger partial charge in [-0.05, 0) is 42.8 Å². The molecule has 0 radical (unpaired) electrons. The molecule has 0 unspecified atom stereocenters. The first kappa shape index (κ1) is 30.9. The van der Waals surface area contributed by atoms with E-state index in [2.05, 4.69) is 27.5 Å². The van der Waals surface area contributed by atoms with Gasteiger partial charge in [0.2, 0.25) is 11.6 Å². The third-order valence-corrected chi connectivity index (χ3v) is 6.92. The summed E-state index contributed by atoms with van der Waals surface area (Å²) in [4.78, 5) is 19.7. The minimum absolute atomic E-state index is 0.153. The lowest BCUT2D eigenvalue weighted by molar-refractivity contribution is -0.383. The van der Waals surface area contributed by atoms with E-state index in [9.17, 15) is 10.1 Å². The molecule has 40 heavy (non-hydrogen) atoms. The number of unbranched alkanes of at least 4 members (excludes halogenated alkanes) is 13. The Morgan fingerprint density at radius 1 is 0.700 bits per heavy atom. The van der Waals surface area contributed by atoms with Crippen molar-refractivity contribution < 1.29 is 9.66 Å². The Bertz CT molecular complexity index is 1110. The second-order valence-electron chi connectivity index (χ2n) is 10.3. The van der Waals surface area contributed by atoms with Crippen molar-refractivity contribution in [3.8, 4) is 11.5 Å². The molecule has 0 amide bonds. The summed E-state index contributed by atoms with van der Waals surface area (Å²) in [6.45, 7) is 2.90.